The van der Waals surface area contributed by atoms with Gasteiger partial charge in [-0.1, -0.05) is 24.3 Å². The van der Waals surface area contributed by atoms with Gasteiger partial charge in [0.25, 0.3) is 0 Å². The molecule has 0 saturated heterocycles. The van der Waals surface area contributed by atoms with Gasteiger partial charge in [-0.2, -0.15) is 0 Å². The molecule has 0 atom stereocenters. The van der Waals surface area contributed by atoms with Crippen LogP contribution < -0.4 is 5.32 Å². The second-order valence-electron chi connectivity index (χ2n) is 5.52. The van der Waals surface area contributed by atoms with E-state index in [1.807, 2.05) is 37.3 Å². The largest absolute Gasteiger partial charge is 0.455 e. The Morgan fingerprint density at radius 1 is 1.08 bits per heavy atom. The van der Waals surface area contributed by atoms with Gasteiger partial charge < -0.3 is 15.2 Å². The Kier molecular flexibility index (Phi) is 5.20. The molecule has 3 rings (SSSR count). The molecule has 1 heterocycles. The van der Waals surface area contributed by atoms with Gasteiger partial charge in [-0.15, -0.1) is 0 Å². The van der Waals surface area contributed by atoms with Gasteiger partial charge in [-0.05, 0) is 31.2 Å². The summed E-state index contributed by atoms with van der Waals surface area (Å²) in [5.41, 5.74) is 3.99. The zero-order valence-corrected chi connectivity index (χ0v) is 13.9. The molecule has 0 aliphatic rings. The van der Waals surface area contributed by atoms with Crippen molar-refractivity contribution in [3.05, 3.63) is 65.5 Å². The van der Waals surface area contributed by atoms with Crippen LogP contribution in [0.5, 0.6) is 0 Å². The van der Waals surface area contributed by atoms with E-state index >= 15 is 0 Å². The van der Waals surface area contributed by atoms with E-state index in [1.165, 1.54) is 0 Å². The van der Waals surface area contributed by atoms with E-state index in [-0.39, 0.29) is 13.2 Å². The number of carbonyl (C=O) groups is 1. The molecule has 0 aliphatic heterocycles. The predicted molar refractivity (Wildman–Crippen MR) is 95.4 cm³/mol. The Balaban J connectivity index is 1.76. The summed E-state index contributed by atoms with van der Waals surface area (Å²) in [7, 11) is 0. The summed E-state index contributed by atoms with van der Waals surface area (Å²) in [5, 5.41) is 11.9. The van der Waals surface area contributed by atoms with Gasteiger partial charge in [0.05, 0.1) is 34.6 Å². The second kappa shape index (κ2) is 7.72. The molecule has 6 nitrogen and oxygen atoms in total. The Morgan fingerprint density at radius 2 is 1.76 bits per heavy atom. The standard InChI is InChI=1S/C19H19N3O3/c1-13-18(22-17-9-5-4-8-16(17)21-13)12-25-19(24)14-6-2-3-7-15(14)20-10-11-23/h2-9,20,23H,10-12H2,1H3. The minimum atomic E-state index is -0.449. The molecule has 0 fully saturated rings. The Morgan fingerprint density at radius 3 is 2.52 bits per heavy atom. The number of benzene rings is 2. The maximum Gasteiger partial charge on any atom is 0.340 e. The number of anilines is 1. The second-order valence-corrected chi connectivity index (χ2v) is 5.52. The van der Waals surface area contributed by atoms with Crippen LogP contribution in [0.15, 0.2) is 48.5 Å². The van der Waals surface area contributed by atoms with Gasteiger partial charge in [-0.25, -0.2) is 14.8 Å². The number of para-hydroxylation sites is 3. The van der Waals surface area contributed by atoms with Crippen molar-refractivity contribution in [2.75, 3.05) is 18.5 Å². The number of hydrogen-bond acceptors (Lipinski definition) is 6. The molecule has 6 heteroatoms. The first-order chi connectivity index (χ1) is 12.2. The summed E-state index contributed by atoms with van der Waals surface area (Å²) < 4.78 is 5.42. The average molecular weight is 337 g/mol. The van der Waals surface area contributed by atoms with Crippen molar-refractivity contribution in [2.45, 2.75) is 13.5 Å². The van der Waals surface area contributed by atoms with Crippen molar-refractivity contribution in [3.8, 4) is 0 Å². The number of nitrogens with one attached hydrogen (secondary N) is 1. The van der Waals surface area contributed by atoms with E-state index in [2.05, 4.69) is 15.3 Å². The molecule has 128 valence electrons. The van der Waals surface area contributed by atoms with Crippen LogP contribution in [0.25, 0.3) is 11.0 Å². The minimum Gasteiger partial charge on any atom is -0.455 e. The first-order valence-electron chi connectivity index (χ1n) is 8.02. The van der Waals surface area contributed by atoms with Crippen LogP contribution >= 0.6 is 0 Å². The van der Waals surface area contributed by atoms with Crippen LogP contribution in [0.3, 0.4) is 0 Å². The van der Waals surface area contributed by atoms with Gasteiger partial charge in [0.1, 0.15) is 6.61 Å². The average Bonchev–Trinajstić information content (AvgIpc) is 2.64. The number of aliphatic hydroxyl groups is 1. The lowest BCUT2D eigenvalue weighted by Crippen LogP contribution is -2.13. The van der Waals surface area contributed by atoms with Gasteiger partial charge in [0.15, 0.2) is 0 Å². The lowest BCUT2D eigenvalue weighted by molar-refractivity contribution is 0.0468. The number of aliphatic hydroxyl groups excluding tert-OH is 1. The third-order valence-corrected chi connectivity index (χ3v) is 3.76. The molecule has 0 aliphatic carbocycles. The normalized spacial score (nSPS) is 10.6. The topological polar surface area (TPSA) is 84.3 Å². The van der Waals surface area contributed by atoms with E-state index in [0.717, 1.165) is 16.7 Å². The van der Waals surface area contributed by atoms with E-state index in [0.29, 0.717) is 23.5 Å². The van der Waals surface area contributed by atoms with Gasteiger partial charge in [-0.3, -0.25) is 0 Å². The van der Waals surface area contributed by atoms with E-state index in [4.69, 9.17) is 9.84 Å². The number of nitrogens with zero attached hydrogens (tertiary/aromatic N) is 2. The smallest absolute Gasteiger partial charge is 0.340 e. The molecular weight excluding hydrogens is 318 g/mol. The summed E-state index contributed by atoms with van der Waals surface area (Å²) in [6.07, 6.45) is 0. The van der Waals surface area contributed by atoms with Crippen molar-refractivity contribution in [1.29, 1.82) is 0 Å². The van der Waals surface area contributed by atoms with Crippen LogP contribution in [0.4, 0.5) is 5.69 Å². The Labute approximate surface area is 145 Å². The van der Waals surface area contributed by atoms with E-state index in [1.54, 1.807) is 18.2 Å². The van der Waals surface area contributed by atoms with Gasteiger partial charge >= 0.3 is 5.97 Å². The molecule has 0 unspecified atom stereocenters. The van der Waals surface area contributed by atoms with Gasteiger partial charge in [0.2, 0.25) is 0 Å². The molecule has 0 amide bonds. The number of ether oxygens (including phenoxy) is 1. The lowest BCUT2D eigenvalue weighted by atomic mass is 10.2. The molecule has 3 aromatic rings. The van der Waals surface area contributed by atoms with E-state index < -0.39 is 5.97 Å². The van der Waals surface area contributed by atoms with Crippen LogP contribution in [0.2, 0.25) is 0 Å². The number of carbonyl (C=O) groups excluding carboxylic acids is 1. The van der Waals surface area contributed by atoms with Crippen molar-refractivity contribution in [1.82, 2.24) is 9.97 Å². The van der Waals surface area contributed by atoms with Gasteiger partial charge in [0, 0.05) is 12.2 Å². The zero-order valence-electron chi connectivity index (χ0n) is 13.9. The highest BCUT2D eigenvalue weighted by Gasteiger charge is 2.14. The molecule has 0 saturated carbocycles. The Hall–Kier alpha value is -2.99. The third-order valence-electron chi connectivity index (χ3n) is 3.76. The number of fused-ring (bicyclic) bond motifs is 1. The molecule has 2 N–H and O–H groups in total. The molecule has 1 aromatic heterocycles. The molecule has 0 radical (unpaired) electrons. The fourth-order valence-electron chi connectivity index (χ4n) is 2.48. The first-order valence-corrected chi connectivity index (χ1v) is 8.02. The maximum atomic E-state index is 12.4. The molecule has 2 aromatic carbocycles. The molecule has 0 bridgehead atoms. The summed E-state index contributed by atoms with van der Waals surface area (Å²) >= 11 is 0. The van der Waals surface area contributed by atoms with E-state index in [9.17, 15) is 4.79 Å². The summed E-state index contributed by atoms with van der Waals surface area (Å²) in [5.74, 6) is -0.449. The van der Waals surface area contributed by atoms with Crippen molar-refractivity contribution in [2.24, 2.45) is 0 Å². The zero-order chi connectivity index (χ0) is 17.6. The van der Waals surface area contributed by atoms with Crippen LogP contribution in [-0.4, -0.2) is 34.2 Å². The number of esters is 1. The summed E-state index contributed by atoms with van der Waals surface area (Å²) in [6, 6.07) is 14.6. The van der Waals surface area contributed by atoms with Crippen molar-refractivity contribution < 1.29 is 14.6 Å². The highest BCUT2D eigenvalue weighted by molar-refractivity contribution is 5.95. The third kappa shape index (κ3) is 3.92. The monoisotopic (exact) mass is 337 g/mol. The molecular formula is C19H19N3O3. The fourth-order valence-corrected chi connectivity index (χ4v) is 2.48. The SMILES string of the molecule is Cc1nc2ccccc2nc1COC(=O)c1ccccc1NCCO. The van der Waals surface area contributed by atoms with Crippen LogP contribution in [0, 0.1) is 6.92 Å². The summed E-state index contributed by atoms with van der Waals surface area (Å²) in [6.45, 7) is 2.24. The number of rotatable bonds is 6. The number of aryl methyl sites for hydroxylation is 1. The Bertz CT molecular complexity index is 896. The quantitative estimate of drug-likeness (QED) is 0.673. The number of aromatic nitrogens is 2. The molecule has 0 spiro atoms. The number of hydrogen-bond donors (Lipinski definition) is 2. The van der Waals surface area contributed by atoms with Crippen LogP contribution in [0.1, 0.15) is 21.7 Å². The highest BCUT2D eigenvalue weighted by atomic mass is 16.5. The predicted octanol–water partition coefficient (Wildman–Crippen LogP) is 2.70. The first kappa shape index (κ1) is 16.9. The fraction of sp³-hybridized carbons (Fsp3) is 0.211. The van der Waals surface area contributed by atoms with Crippen molar-refractivity contribution >= 4 is 22.7 Å². The maximum absolute atomic E-state index is 12.4. The molecule has 25 heavy (non-hydrogen) atoms. The minimum absolute atomic E-state index is 0.0186. The van der Waals surface area contributed by atoms with Crippen molar-refractivity contribution in [3.63, 3.8) is 0 Å². The summed E-state index contributed by atoms with van der Waals surface area (Å²) in [4.78, 5) is 21.4. The lowest BCUT2D eigenvalue weighted by Gasteiger charge is -2.11. The van der Waals surface area contributed by atoms with Crippen LogP contribution in [-0.2, 0) is 11.3 Å². The highest BCUT2D eigenvalue weighted by Crippen LogP contribution is 2.18.